The van der Waals surface area contributed by atoms with Crippen molar-refractivity contribution in [2.24, 2.45) is 0 Å². The fraction of sp³-hybridized carbons (Fsp3) is 0.474. The van der Waals surface area contributed by atoms with Gasteiger partial charge in [-0.3, -0.25) is 10.1 Å². The van der Waals surface area contributed by atoms with Gasteiger partial charge in [0.05, 0.1) is 16.5 Å². The smallest absolute Gasteiger partial charge is 0.261 e. The van der Waals surface area contributed by atoms with Gasteiger partial charge in [0.15, 0.2) is 5.13 Å². The van der Waals surface area contributed by atoms with Crippen molar-refractivity contribution in [1.82, 2.24) is 4.98 Å². The van der Waals surface area contributed by atoms with Crippen LogP contribution in [0, 0.1) is 0 Å². The number of rotatable bonds is 5. The van der Waals surface area contributed by atoms with Gasteiger partial charge in [0.25, 0.3) is 5.91 Å². The van der Waals surface area contributed by atoms with E-state index in [1.54, 1.807) is 24.4 Å². The van der Waals surface area contributed by atoms with Crippen LogP contribution in [0.3, 0.4) is 0 Å². The number of carbonyl (C=O) groups is 1. The quantitative estimate of drug-likeness (QED) is 0.832. The molecule has 134 valence electrons. The number of thiazole rings is 1. The number of anilines is 1. The van der Waals surface area contributed by atoms with Gasteiger partial charge in [-0.05, 0) is 38.8 Å². The molecule has 0 aliphatic heterocycles. The number of para-hydroxylation sites is 1. The van der Waals surface area contributed by atoms with Gasteiger partial charge in [0, 0.05) is 6.20 Å². The summed E-state index contributed by atoms with van der Waals surface area (Å²) in [7, 11) is 0. The summed E-state index contributed by atoms with van der Waals surface area (Å²) in [5, 5.41) is 14.1. The van der Waals surface area contributed by atoms with Crippen LogP contribution in [0.15, 0.2) is 30.5 Å². The third kappa shape index (κ3) is 4.19. The van der Waals surface area contributed by atoms with Crippen molar-refractivity contribution in [3.8, 4) is 5.75 Å². The van der Waals surface area contributed by atoms with Crippen molar-refractivity contribution in [2.75, 3.05) is 5.32 Å². The van der Waals surface area contributed by atoms with Crippen LogP contribution < -0.4 is 10.1 Å². The summed E-state index contributed by atoms with van der Waals surface area (Å²) in [5.41, 5.74) is -0.318. The molecule has 2 aromatic rings. The molecule has 1 aromatic carbocycles. The number of nitrogens with zero attached hydrogens (tertiary/aromatic N) is 1. The maximum Gasteiger partial charge on any atom is 0.261 e. The van der Waals surface area contributed by atoms with E-state index in [9.17, 15) is 9.90 Å². The lowest BCUT2D eigenvalue weighted by Crippen LogP contribution is -2.27. The lowest BCUT2D eigenvalue weighted by Gasteiger charge is -2.30. The van der Waals surface area contributed by atoms with Crippen LogP contribution in [0.1, 0.15) is 61.2 Å². The Balaban J connectivity index is 1.74. The van der Waals surface area contributed by atoms with E-state index in [2.05, 4.69) is 10.3 Å². The monoisotopic (exact) mass is 360 g/mol. The summed E-state index contributed by atoms with van der Waals surface area (Å²) in [5.74, 6) is 0.297. The highest BCUT2D eigenvalue weighted by atomic mass is 32.1. The Morgan fingerprint density at radius 2 is 2.00 bits per heavy atom. The van der Waals surface area contributed by atoms with Crippen LogP contribution in [0.25, 0.3) is 0 Å². The van der Waals surface area contributed by atoms with Crippen molar-refractivity contribution in [1.29, 1.82) is 0 Å². The Bertz CT molecular complexity index is 736. The number of hydrogen-bond donors (Lipinski definition) is 2. The molecular weight excluding hydrogens is 336 g/mol. The minimum atomic E-state index is -0.794. The molecule has 0 spiro atoms. The number of benzene rings is 1. The van der Waals surface area contributed by atoms with Crippen molar-refractivity contribution in [3.63, 3.8) is 0 Å². The van der Waals surface area contributed by atoms with Gasteiger partial charge in [-0.25, -0.2) is 4.98 Å². The molecule has 2 N–H and O–H groups in total. The van der Waals surface area contributed by atoms with E-state index in [0.717, 1.165) is 37.0 Å². The van der Waals surface area contributed by atoms with Gasteiger partial charge in [0.2, 0.25) is 0 Å². The van der Waals surface area contributed by atoms with E-state index < -0.39 is 5.60 Å². The first kappa shape index (κ1) is 17.9. The molecule has 5 nitrogen and oxygen atoms in total. The molecular formula is C19H24N2O3S. The SMILES string of the molecule is CC(C)Oc1ccccc1C(=O)Nc1ncc(C2(O)CCCCC2)s1. The average molecular weight is 360 g/mol. The number of hydrogen-bond acceptors (Lipinski definition) is 5. The maximum atomic E-state index is 12.6. The van der Waals surface area contributed by atoms with Crippen LogP contribution in [0.5, 0.6) is 5.75 Å². The average Bonchev–Trinajstić information content (AvgIpc) is 3.05. The summed E-state index contributed by atoms with van der Waals surface area (Å²) < 4.78 is 5.70. The largest absolute Gasteiger partial charge is 0.490 e. The molecule has 1 heterocycles. The van der Waals surface area contributed by atoms with Gasteiger partial charge < -0.3 is 9.84 Å². The van der Waals surface area contributed by atoms with Crippen LogP contribution >= 0.6 is 11.3 Å². The minimum Gasteiger partial charge on any atom is -0.490 e. The molecule has 1 fully saturated rings. The fourth-order valence-electron chi connectivity index (χ4n) is 3.11. The summed E-state index contributed by atoms with van der Waals surface area (Å²) in [6.45, 7) is 3.85. The Morgan fingerprint density at radius 1 is 1.28 bits per heavy atom. The summed E-state index contributed by atoms with van der Waals surface area (Å²) in [6.07, 6.45) is 6.40. The van der Waals surface area contributed by atoms with Crippen molar-refractivity contribution < 1.29 is 14.6 Å². The van der Waals surface area contributed by atoms with Crippen LogP contribution in [-0.4, -0.2) is 22.1 Å². The number of aromatic nitrogens is 1. The molecule has 0 saturated heterocycles. The second-order valence-electron chi connectivity index (χ2n) is 6.74. The number of aliphatic hydroxyl groups is 1. The number of nitrogens with one attached hydrogen (secondary N) is 1. The predicted molar refractivity (Wildman–Crippen MR) is 99.3 cm³/mol. The molecule has 1 aromatic heterocycles. The normalized spacial score (nSPS) is 16.6. The molecule has 25 heavy (non-hydrogen) atoms. The Morgan fingerprint density at radius 3 is 2.72 bits per heavy atom. The van der Waals surface area contributed by atoms with Gasteiger partial charge in [-0.2, -0.15) is 0 Å². The molecule has 0 unspecified atom stereocenters. The number of amides is 1. The van der Waals surface area contributed by atoms with E-state index in [1.165, 1.54) is 11.3 Å². The standard InChI is InChI=1S/C19H24N2O3S/c1-13(2)24-15-9-5-4-8-14(15)17(22)21-18-20-12-16(25-18)19(23)10-6-3-7-11-19/h4-5,8-9,12-13,23H,3,6-7,10-11H2,1-2H3,(H,20,21,22). The van der Waals surface area contributed by atoms with E-state index in [4.69, 9.17) is 4.74 Å². The summed E-state index contributed by atoms with van der Waals surface area (Å²) in [4.78, 5) is 17.7. The van der Waals surface area contributed by atoms with Gasteiger partial charge in [-0.15, -0.1) is 0 Å². The number of ether oxygens (including phenoxy) is 1. The Hall–Kier alpha value is -1.92. The fourth-order valence-corrected chi connectivity index (χ4v) is 4.06. The van der Waals surface area contributed by atoms with Crippen LogP contribution in [-0.2, 0) is 5.60 Å². The minimum absolute atomic E-state index is 0.0130. The first-order valence-corrected chi connectivity index (χ1v) is 9.55. The molecule has 1 amide bonds. The molecule has 0 atom stereocenters. The second kappa shape index (κ2) is 7.54. The number of carbonyl (C=O) groups excluding carboxylic acids is 1. The molecule has 1 aliphatic carbocycles. The maximum absolute atomic E-state index is 12.6. The zero-order chi connectivity index (χ0) is 17.9. The molecule has 6 heteroatoms. The lowest BCUT2D eigenvalue weighted by molar-refractivity contribution is 0.00264. The Kier molecular flexibility index (Phi) is 5.39. The summed E-state index contributed by atoms with van der Waals surface area (Å²) in [6, 6.07) is 7.16. The molecule has 1 aliphatic rings. The van der Waals surface area contributed by atoms with E-state index in [1.807, 2.05) is 19.9 Å². The second-order valence-corrected chi connectivity index (χ2v) is 7.77. The molecule has 1 saturated carbocycles. The van der Waals surface area contributed by atoms with Crippen molar-refractivity contribution in [3.05, 3.63) is 40.9 Å². The first-order valence-electron chi connectivity index (χ1n) is 8.74. The van der Waals surface area contributed by atoms with Crippen molar-refractivity contribution in [2.45, 2.75) is 57.7 Å². The zero-order valence-corrected chi connectivity index (χ0v) is 15.4. The third-order valence-corrected chi connectivity index (χ3v) is 5.47. The Labute approximate surface area is 152 Å². The highest BCUT2D eigenvalue weighted by Gasteiger charge is 2.33. The third-order valence-electron chi connectivity index (χ3n) is 4.36. The molecule has 3 rings (SSSR count). The van der Waals surface area contributed by atoms with Crippen LogP contribution in [0.2, 0.25) is 0 Å². The van der Waals surface area contributed by atoms with E-state index in [0.29, 0.717) is 16.4 Å². The van der Waals surface area contributed by atoms with Gasteiger partial charge in [0.1, 0.15) is 11.4 Å². The highest BCUT2D eigenvalue weighted by Crippen LogP contribution is 2.40. The van der Waals surface area contributed by atoms with Gasteiger partial charge in [-0.1, -0.05) is 42.7 Å². The first-order chi connectivity index (χ1) is 12.0. The molecule has 0 bridgehead atoms. The zero-order valence-electron chi connectivity index (χ0n) is 14.6. The van der Waals surface area contributed by atoms with E-state index >= 15 is 0 Å². The molecule has 0 radical (unpaired) electrons. The topological polar surface area (TPSA) is 71.5 Å². The predicted octanol–water partition coefficient (Wildman–Crippen LogP) is 4.33. The highest BCUT2D eigenvalue weighted by molar-refractivity contribution is 7.15. The lowest BCUT2D eigenvalue weighted by atomic mass is 9.84. The van der Waals surface area contributed by atoms with Crippen molar-refractivity contribution >= 4 is 22.4 Å². The van der Waals surface area contributed by atoms with E-state index in [-0.39, 0.29) is 12.0 Å². The van der Waals surface area contributed by atoms with Gasteiger partial charge >= 0.3 is 0 Å². The summed E-state index contributed by atoms with van der Waals surface area (Å²) >= 11 is 1.35. The van der Waals surface area contributed by atoms with Crippen LogP contribution in [0.4, 0.5) is 5.13 Å².